The smallest absolute Gasteiger partial charge is 0.0205 e. The first-order chi connectivity index (χ1) is 28.3. The summed E-state index contributed by atoms with van der Waals surface area (Å²) in [5, 5.41) is 43.3. The molecule has 0 aliphatic carbocycles. The number of fused-ring (bicyclic) bond motifs is 42. The molecule has 346 valence electrons. The Balaban J connectivity index is 0.000000399. The summed E-state index contributed by atoms with van der Waals surface area (Å²) in [6.45, 7) is 35.2. The van der Waals surface area contributed by atoms with E-state index in [1.165, 1.54) is 36.0 Å². The minimum atomic E-state index is 0. The van der Waals surface area contributed by atoms with E-state index in [2.05, 4.69) is 96.7 Å². The third-order valence-corrected chi connectivity index (χ3v) is 11.1. The molecule has 3 fully saturated rings. The van der Waals surface area contributed by atoms with Crippen LogP contribution in [0.2, 0.25) is 0 Å². The lowest BCUT2D eigenvalue weighted by Gasteiger charge is -2.25. The van der Waals surface area contributed by atoms with Crippen LogP contribution in [0.3, 0.4) is 0 Å². The van der Waals surface area contributed by atoms with Crippen molar-refractivity contribution in [1.82, 2.24) is 78.5 Å². The second-order valence-electron chi connectivity index (χ2n) is 16.0. The lowest BCUT2D eigenvalue weighted by atomic mass is 10.0. The SMILES string of the molecule is C.C.C1CNCCN2CCNCCNCCN(CCN1)CCNCCNCC2.c1c2cc3cc1CNCCCNCCN(CCNCCCNC2)CCNCCCNC3. The Morgan fingerprint density at radius 1 is 0.237 bits per heavy atom. The Kier molecular flexibility index (Phi) is 34.9. The third-order valence-electron chi connectivity index (χ3n) is 11.1. The Bertz CT molecular complexity index is 898. The van der Waals surface area contributed by atoms with Crippen LogP contribution in [-0.2, 0) is 19.6 Å². The lowest BCUT2D eigenvalue weighted by Crippen LogP contribution is -2.45. The molecule has 0 amide bonds. The summed E-state index contributed by atoms with van der Waals surface area (Å²) in [4.78, 5) is 7.71. The van der Waals surface area contributed by atoms with Gasteiger partial charge in [0, 0.05) is 177 Å². The van der Waals surface area contributed by atoms with E-state index in [1.807, 2.05) is 0 Å². The van der Waals surface area contributed by atoms with E-state index in [0.717, 1.165) is 216 Å². The van der Waals surface area contributed by atoms with E-state index in [1.54, 1.807) is 0 Å². The van der Waals surface area contributed by atoms with Gasteiger partial charge in [-0.1, -0.05) is 33.1 Å². The number of hydrogen-bond acceptors (Lipinski definition) is 15. The number of rotatable bonds is 0. The second-order valence-corrected chi connectivity index (χ2v) is 16.0. The Hall–Kier alpha value is -1.38. The maximum Gasteiger partial charge on any atom is 0.0205 e. The minimum absolute atomic E-state index is 0. The summed E-state index contributed by atoms with van der Waals surface area (Å²) in [7, 11) is 0. The maximum atomic E-state index is 3.64. The van der Waals surface area contributed by atoms with Gasteiger partial charge >= 0.3 is 0 Å². The zero-order valence-corrected chi connectivity index (χ0v) is 36.0. The maximum absolute atomic E-state index is 3.64. The van der Waals surface area contributed by atoms with E-state index >= 15 is 0 Å². The molecule has 7 rings (SSSR count). The molecular weight excluding hydrogens is 739 g/mol. The molecular formula is C44H95N15. The van der Waals surface area contributed by atoms with Crippen LogP contribution in [0, 0.1) is 0 Å². The molecule has 6 bridgehead atoms. The second kappa shape index (κ2) is 38.3. The normalized spacial score (nSPS) is 25.4. The molecule has 15 nitrogen and oxygen atoms in total. The molecule has 6 heterocycles. The van der Waals surface area contributed by atoms with Crippen LogP contribution in [0.25, 0.3) is 0 Å². The van der Waals surface area contributed by atoms with E-state index in [-0.39, 0.29) is 14.9 Å². The van der Waals surface area contributed by atoms with Crippen molar-refractivity contribution in [2.24, 2.45) is 0 Å². The van der Waals surface area contributed by atoms with E-state index in [0.29, 0.717) is 0 Å². The van der Waals surface area contributed by atoms with Crippen LogP contribution in [0.4, 0.5) is 0 Å². The number of hydrogen-bond donors (Lipinski definition) is 12. The van der Waals surface area contributed by atoms with E-state index in [9.17, 15) is 0 Å². The molecule has 59 heavy (non-hydrogen) atoms. The first kappa shape index (κ1) is 53.8. The molecule has 0 unspecified atom stereocenters. The van der Waals surface area contributed by atoms with Crippen molar-refractivity contribution in [3.8, 4) is 0 Å². The molecule has 6 aliphatic heterocycles. The molecule has 15 heteroatoms. The van der Waals surface area contributed by atoms with Crippen molar-refractivity contribution >= 4 is 0 Å². The molecule has 6 aliphatic rings. The summed E-state index contributed by atoms with van der Waals surface area (Å²) in [6.07, 6.45) is 3.50. The van der Waals surface area contributed by atoms with E-state index < -0.39 is 0 Å². The fourth-order valence-corrected chi connectivity index (χ4v) is 7.66. The topological polar surface area (TPSA) is 154 Å². The van der Waals surface area contributed by atoms with Gasteiger partial charge in [-0.3, -0.25) is 14.7 Å². The molecule has 0 spiro atoms. The first-order valence-corrected chi connectivity index (χ1v) is 23.1. The summed E-state index contributed by atoms with van der Waals surface area (Å²) in [6, 6.07) is 7.09. The highest BCUT2D eigenvalue weighted by Crippen LogP contribution is 2.11. The molecule has 0 radical (unpaired) electrons. The predicted octanol–water partition coefficient (Wildman–Crippen LogP) is -1.35. The zero-order valence-electron chi connectivity index (χ0n) is 36.0. The Morgan fingerprint density at radius 3 is 0.644 bits per heavy atom. The standard InChI is InChI=1S/C24H45N7.C18H42N8.2CH4/c1-4-25-10-13-31-14-11-26-5-2-8-29-20-23-16-22(19-28-7-1)17-24(18-23)21-30-9-3-6-27-12-15-31;1-2-20-8-14-26-17-11-23-5-3-21-9-15-25(13-7-19-1)16-10-22-4-6-24-12-18-26;;/h16-18,25-30H,1-15,19-21H2;19-24H,1-18H2;2*1H4. The van der Waals surface area contributed by atoms with Crippen LogP contribution in [0.1, 0.15) is 50.8 Å². The van der Waals surface area contributed by atoms with Crippen LogP contribution in [0.15, 0.2) is 18.2 Å². The monoisotopic (exact) mass is 834 g/mol. The minimum Gasteiger partial charge on any atom is -0.315 e. The predicted molar refractivity (Wildman–Crippen MR) is 254 cm³/mol. The first-order valence-electron chi connectivity index (χ1n) is 23.1. The average molecular weight is 834 g/mol. The lowest BCUT2D eigenvalue weighted by molar-refractivity contribution is 0.261. The molecule has 0 saturated carbocycles. The molecule has 1 aromatic rings. The van der Waals surface area contributed by atoms with Gasteiger partial charge in [-0.25, -0.2) is 0 Å². The molecule has 0 aromatic heterocycles. The highest BCUT2D eigenvalue weighted by molar-refractivity contribution is 5.30. The number of nitrogens with zero attached hydrogens (tertiary/aromatic N) is 3. The van der Waals surface area contributed by atoms with Gasteiger partial charge in [-0.05, 0) is 75.2 Å². The van der Waals surface area contributed by atoms with Gasteiger partial charge in [0.2, 0.25) is 0 Å². The molecule has 12 N–H and O–H groups in total. The van der Waals surface area contributed by atoms with Gasteiger partial charge < -0.3 is 63.8 Å². The van der Waals surface area contributed by atoms with Crippen LogP contribution in [-0.4, -0.2) is 211 Å². The van der Waals surface area contributed by atoms with Crippen LogP contribution < -0.4 is 63.8 Å². The van der Waals surface area contributed by atoms with Crippen molar-refractivity contribution < 1.29 is 0 Å². The summed E-state index contributed by atoms with van der Waals surface area (Å²) in [5.41, 5.74) is 4.19. The summed E-state index contributed by atoms with van der Waals surface area (Å²) in [5.74, 6) is 0. The van der Waals surface area contributed by atoms with Gasteiger partial charge in [0.25, 0.3) is 0 Å². The molecule has 0 atom stereocenters. The van der Waals surface area contributed by atoms with Crippen molar-refractivity contribution in [3.05, 3.63) is 34.9 Å². The molecule has 1 aromatic carbocycles. The molecule has 3 saturated heterocycles. The highest BCUT2D eigenvalue weighted by atomic mass is 15.2. The highest BCUT2D eigenvalue weighted by Gasteiger charge is 2.09. The van der Waals surface area contributed by atoms with Gasteiger partial charge in [0.1, 0.15) is 0 Å². The van der Waals surface area contributed by atoms with Crippen molar-refractivity contribution in [1.29, 1.82) is 0 Å². The average Bonchev–Trinajstić information content (AvgIpc) is 3.21. The summed E-state index contributed by atoms with van der Waals surface area (Å²) >= 11 is 0. The van der Waals surface area contributed by atoms with E-state index in [4.69, 9.17) is 0 Å². The largest absolute Gasteiger partial charge is 0.315 e. The van der Waals surface area contributed by atoms with Gasteiger partial charge in [0.15, 0.2) is 0 Å². The fourth-order valence-electron chi connectivity index (χ4n) is 7.66. The van der Waals surface area contributed by atoms with Gasteiger partial charge in [0.05, 0.1) is 0 Å². The quantitative estimate of drug-likeness (QED) is 0.149. The number of nitrogens with one attached hydrogen (secondary N) is 12. The Morgan fingerprint density at radius 2 is 0.424 bits per heavy atom. The zero-order chi connectivity index (χ0) is 39.5. The number of benzene rings is 1. The van der Waals surface area contributed by atoms with Crippen LogP contribution >= 0.6 is 0 Å². The fraction of sp³-hybridized carbons (Fsp3) is 0.864. The van der Waals surface area contributed by atoms with Gasteiger partial charge in [-0.2, -0.15) is 0 Å². The van der Waals surface area contributed by atoms with Crippen LogP contribution in [0.5, 0.6) is 0 Å². The third kappa shape index (κ3) is 28.8. The van der Waals surface area contributed by atoms with Crippen molar-refractivity contribution in [2.45, 2.75) is 53.8 Å². The van der Waals surface area contributed by atoms with Crippen molar-refractivity contribution in [2.75, 3.05) is 196 Å². The van der Waals surface area contributed by atoms with Gasteiger partial charge in [-0.15, -0.1) is 0 Å². The Labute approximate surface area is 362 Å². The summed E-state index contributed by atoms with van der Waals surface area (Å²) < 4.78 is 0. The van der Waals surface area contributed by atoms with Crippen molar-refractivity contribution in [3.63, 3.8) is 0 Å².